The molecule has 6 nitrogen and oxygen atoms in total. The molecule has 1 aromatic rings. The molecule has 0 aromatic heterocycles. The van der Waals surface area contributed by atoms with Crippen LogP contribution in [0, 0.1) is 10.1 Å². The van der Waals surface area contributed by atoms with E-state index in [9.17, 15) is 14.9 Å². The summed E-state index contributed by atoms with van der Waals surface area (Å²) in [5, 5.41) is 10.7. The molecule has 0 aliphatic carbocycles. The molecule has 1 aliphatic heterocycles. The topological polar surface area (TPSA) is 72.7 Å². The molecule has 0 spiro atoms. The van der Waals surface area contributed by atoms with Gasteiger partial charge in [0.1, 0.15) is 0 Å². The lowest BCUT2D eigenvalue weighted by Crippen LogP contribution is -2.47. The molecule has 1 amide bonds. The van der Waals surface area contributed by atoms with E-state index in [4.69, 9.17) is 4.74 Å². The van der Waals surface area contributed by atoms with Gasteiger partial charge in [-0.15, -0.1) is 0 Å². The number of hydrogen-bond acceptors (Lipinski definition) is 4. The Balaban J connectivity index is 2.05. The maximum Gasteiger partial charge on any atom is 0.270 e. The van der Waals surface area contributed by atoms with E-state index in [1.165, 1.54) is 18.2 Å². The highest BCUT2D eigenvalue weighted by Crippen LogP contribution is 2.15. The number of nitrogens with zero attached hydrogens (tertiary/aromatic N) is 2. The van der Waals surface area contributed by atoms with Gasteiger partial charge in [0.25, 0.3) is 5.69 Å². The molecule has 0 unspecified atom stereocenters. The minimum absolute atomic E-state index is 0.0122. The summed E-state index contributed by atoms with van der Waals surface area (Å²) < 4.78 is 5.58. The molecule has 112 valence electrons. The van der Waals surface area contributed by atoms with Gasteiger partial charge in [0, 0.05) is 31.3 Å². The van der Waals surface area contributed by atoms with Crippen LogP contribution in [0.4, 0.5) is 5.69 Å². The largest absolute Gasteiger partial charge is 0.372 e. The van der Waals surface area contributed by atoms with Crippen molar-refractivity contribution in [2.24, 2.45) is 0 Å². The standard InChI is InChI=1S/C15H18N2O4/c1-11-9-16(10-12(2)21-11)15(18)7-6-13-4-3-5-14(8-13)17(19)20/h3-8,11-12H,9-10H2,1-2H3/b7-6+/t11-,12-/m0/s1. The Hall–Kier alpha value is -2.21. The maximum absolute atomic E-state index is 12.1. The zero-order chi connectivity index (χ0) is 15.4. The van der Waals surface area contributed by atoms with Crippen molar-refractivity contribution in [1.29, 1.82) is 0 Å². The van der Waals surface area contributed by atoms with Crippen LogP contribution in [0.5, 0.6) is 0 Å². The van der Waals surface area contributed by atoms with Crippen molar-refractivity contribution in [2.75, 3.05) is 13.1 Å². The Labute approximate surface area is 123 Å². The Morgan fingerprint density at radius 1 is 1.38 bits per heavy atom. The van der Waals surface area contributed by atoms with Gasteiger partial charge in [-0.2, -0.15) is 0 Å². The Morgan fingerprint density at radius 3 is 2.67 bits per heavy atom. The molecule has 2 rings (SSSR count). The number of non-ortho nitro benzene ring substituents is 1. The first-order valence-corrected chi connectivity index (χ1v) is 6.82. The van der Waals surface area contributed by atoms with Crippen LogP contribution in [0.1, 0.15) is 19.4 Å². The van der Waals surface area contributed by atoms with Gasteiger partial charge < -0.3 is 9.64 Å². The van der Waals surface area contributed by atoms with Crippen molar-refractivity contribution in [2.45, 2.75) is 26.1 Å². The molecule has 2 atom stereocenters. The predicted molar refractivity (Wildman–Crippen MR) is 78.7 cm³/mol. The minimum atomic E-state index is -0.454. The van der Waals surface area contributed by atoms with Gasteiger partial charge in [0.2, 0.25) is 5.91 Å². The van der Waals surface area contributed by atoms with Crippen LogP contribution >= 0.6 is 0 Å². The molecule has 0 saturated carbocycles. The molecule has 1 heterocycles. The van der Waals surface area contributed by atoms with Crippen LogP contribution in [0.15, 0.2) is 30.3 Å². The zero-order valence-electron chi connectivity index (χ0n) is 12.1. The maximum atomic E-state index is 12.1. The molecule has 1 aliphatic rings. The predicted octanol–water partition coefficient (Wildman–Crippen LogP) is 2.24. The molecule has 1 saturated heterocycles. The third kappa shape index (κ3) is 4.13. The van der Waals surface area contributed by atoms with Gasteiger partial charge in [-0.1, -0.05) is 12.1 Å². The Kier molecular flexibility index (Phi) is 4.70. The van der Waals surface area contributed by atoms with Crippen LogP contribution in [0.25, 0.3) is 6.08 Å². The SMILES string of the molecule is C[C@H]1CN(C(=O)/C=C/c2cccc([N+](=O)[O-])c2)C[C@H](C)O1. The van der Waals surface area contributed by atoms with E-state index in [1.807, 2.05) is 13.8 Å². The summed E-state index contributed by atoms with van der Waals surface area (Å²) in [6.07, 6.45) is 3.08. The second-order valence-corrected chi connectivity index (χ2v) is 5.19. The number of morpholine rings is 1. The van der Waals surface area contributed by atoms with Crippen LogP contribution in [0.3, 0.4) is 0 Å². The second kappa shape index (κ2) is 6.49. The summed E-state index contributed by atoms with van der Waals surface area (Å²) in [6.45, 7) is 4.98. The highest BCUT2D eigenvalue weighted by Gasteiger charge is 2.24. The fourth-order valence-corrected chi connectivity index (χ4v) is 2.37. The van der Waals surface area contributed by atoms with Crippen molar-refractivity contribution in [1.82, 2.24) is 4.90 Å². The van der Waals surface area contributed by atoms with Gasteiger partial charge in [0.15, 0.2) is 0 Å². The Bertz CT molecular complexity index is 561. The van der Waals surface area contributed by atoms with E-state index in [1.54, 1.807) is 23.1 Å². The summed E-state index contributed by atoms with van der Waals surface area (Å²) in [5.74, 6) is -0.108. The van der Waals surface area contributed by atoms with Crippen LogP contribution < -0.4 is 0 Å². The Morgan fingerprint density at radius 2 is 2.05 bits per heavy atom. The van der Waals surface area contributed by atoms with E-state index in [0.717, 1.165) is 0 Å². The molecule has 0 N–H and O–H groups in total. The van der Waals surface area contributed by atoms with E-state index in [0.29, 0.717) is 18.7 Å². The summed E-state index contributed by atoms with van der Waals surface area (Å²) in [7, 11) is 0. The molecule has 0 radical (unpaired) electrons. The monoisotopic (exact) mass is 290 g/mol. The van der Waals surface area contributed by atoms with Crippen LogP contribution in [-0.4, -0.2) is 41.0 Å². The molecule has 1 fully saturated rings. The van der Waals surface area contributed by atoms with Gasteiger partial charge in [0.05, 0.1) is 17.1 Å². The molecule has 0 bridgehead atoms. The summed E-state index contributed by atoms with van der Waals surface area (Å²) in [4.78, 5) is 24.1. The van der Waals surface area contributed by atoms with Crippen molar-refractivity contribution in [3.8, 4) is 0 Å². The molecular formula is C15H18N2O4. The van der Waals surface area contributed by atoms with Crippen molar-refractivity contribution >= 4 is 17.7 Å². The number of ether oxygens (including phenoxy) is 1. The van der Waals surface area contributed by atoms with E-state index in [2.05, 4.69) is 0 Å². The molecule has 6 heteroatoms. The number of nitro groups is 1. The summed E-state index contributed by atoms with van der Waals surface area (Å²) in [6, 6.07) is 6.18. The molecule has 1 aromatic carbocycles. The van der Waals surface area contributed by atoms with Crippen LogP contribution in [-0.2, 0) is 9.53 Å². The lowest BCUT2D eigenvalue weighted by molar-refractivity contribution is -0.384. The average Bonchev–Trinajstić information content (AvgIpc) is 2.44. The lowest BCUT2D eigenvalue weighted by Gasteiger charge is -2.34. The van der Waals surface area contributed by atoms with E-state index in [-0.39, 0.29) is 23.8 Å². The first-order chi connectivity index (χ1) is 9.95. The molecular weight excluding hydrogens is 272 g/mol. The van der Waals surface area contributed by atoms with Crippen molar-refractivity contribution in [3.63, 3.8) is 0 Å². The lowest BCUT2D eigenvalue weighted by atomic mass is 10.1. The number of rotatable bonds is 3. The first-order valence-electron chi connectivity index (χ1n) is 6.82. The number of benzene rings is 1. The smallest absolute Gasteiger partial charge is 0.270 e. The summed E-state index contributed by atoms with van der Waals surface area (Å²) >= 11 is 0. The number of carbonyl (C=O) groups excluding carboxylic acids is 1. The van der Waals surface area contributed by atoms with Gasteiger partial charge in [-0.3, -0.25) is 14.9 Å². The molecule has 21 heavy (non-hydrogen) atoms. The zero-order valence-corrected chi connectivity index (χ0v) is 12.1. The number of nitro benzene ring substituents is 1. The fraction of sp³-hybridized carbons (Fsp3) is 0.400. The van der Waals surface area contributed by atoms with E-state index < -0.39 is 4.92 Å². The third-order valence-electron chi connectivity index (χ3n) is 3.23. The number of hydrogen-bond donors (Lipinski definition) is 0. The highest BCUT2D eigenvalue weighted by atomic mass is 16.6. The van der Waals surface area contributed by atoms with Gasteiger partial charge in [-0.25, -0.2) is 0 Å². The van der Waals surface area contributed by atoms with Crippen LogP contribution in [0.2, 0.25) is 0 Å². The second-order valence-electron chi connectivity index (χ2n) is 5.19. The quantitative estimate of drug-likeness (QED) is 0.486. The van der Waals surface area contributed by atoms with Gasteiger partial charge in [-0.05, 0) is 25.5 Å². The average molecular weight is 290 g/mol. The summed E-state index contributed by atoms with van der Waals surface area (Å²) in [5.41, 5.74) is 0.644. The number of amides is 1. The van der Waals surface area contributed by atoms with Crippen molar-refractivity contribution in [3.05, 3.63) is 46.0 Å². The number of carbonyl (C=O) groups is 1. The third-order valence-corrected chi connectivity index (χ3v) is 3.23. The fourth-order valence-electron chi connectivity index (χ4n) is 2.37. The minimum Gasteiger partial charge on any atom is -0.372 e. The van der Waals surface area contributed by atoms with Crippen molar-refractivity contribution < 1.29 is 14.5 Å². The normalized spacial score (nSPS) is 22.5. The highest BCUT2D eigenvalue weighted by molar-refractivity contribution is 5.92. The van der Waals surface area contributed by atoms with Gasteiger partial charge >= 0.3 is 0 Å². The van der Waals surface area contributed by atoms with E-state index >= 15 is 0 Å². The first kappa shape index (κ1) is 15.2.